The average molecular weight is 462 g/mol. The van der Waals surface area contributed by atoms with Crippen LogP contribution in [0, 0.1) is 6.92 Å². The summed E-state index contributed by atoms with van der Waals surface area (Å²) in [6, 6.07) is 10.9. The molecule has 30 heavy (non-hydrogen) atoms. The zero-order valence-corrected chi connectivity index (χ0v) is 18.5. The maximum atomic E-state index is 13.4. The SMILES string of the molecule is CCN(c1ccccc1OC(F)F)S(=O)(=O)c1ccc(C)c(N2CCNCC2)c1.Cl. The van der Waals surface area contributed by atoms with Crippen LogP contribution in [0.2, 0.25) is 0 Å². The number of piperazine rings is 1. The van der Waals surface area contributed by atoms with Crippen LogP contribution in [-0.2, 0) is 10.0 Å². The third-order valence-electron chi connectivity index (χ3n) is 4.86. The van der Waals surface area contributed by atoms with Crippen molar-refractivity contribution in [3.05, 3.63) is 48.0 Å². The molecule has 0 amide bonds. The van der Waals surface area contributed by atoms with Crippen LogP contribution in [0.1, 0.15) is 12.5 Å². The monoisotopic (exact) mass is 461 g/mol. The van der Waals surface area contributed by atoms with E-state index in [1.54, 1.807) is 31.2 Å². The molecule has 0 aliphatic carbocycles. The molecular weight excluding hydrogens is 436 g/mol. The van der Waals surface area contributed by atoms with Crippen molar-refractivity contribution in [1.29, 1.82) is 0 Å². The summed E-state index contributed by atoms with van der Waals surface area (Å²) in [5.74, 6) is -0.178. The van der Waals surface area contributed by atoms with Crippen molar-refractivity contribution in [1.82, 2.24) is 5.32 Å². The summed E-state index contributed by atoms with van der Waals surface area (Å²) in [6.45, 7) is 3.85. The molecule has 166 valence electrons. The zero-order valence-electron chi connectivity index (χ0n) is 16.8. The van der Waals surface area contributed by atoms with E-state index in [1.165, 1.54) is 18.2 Å². The van der Waals surface area contributed by atoms with Crippen molar-refractivity contribution in [3.8, 4) is 5.75 Å². The van der Waals surface area contributed by atoms with Crippen LogP contribution in [0.15, 0.2) is 47.4 Å². The van der Waals surface area contributed by atoms with E-state index in [4.69, 9.17) is 0 Å². The highest BCUT2D eigenvalue weighted by Crippen LogP contribution is 2.34. The number of ether oxygens (including phenoxy) is 1. The number of hydrogen-bond acceptors (Lipinski definition) is 5. The van der Waals surface area contributed by atoms with Crippen molar-refractivity contribution in [2.24, 2.45) is 0 Å². The highest BCUT2D eigenvalue weighted by molar-refractivity contribution is 7.92. The molecule has 0 aromatic heterocycles. The fourth-order valence-electron chi connectivity index (χ4n) is 3.45. The largest absolute Gasteiger partial charge is 0.433 e. The number of halogens is 3. The Bertz CT molecular complexity index is 954. The number of aryl methyl sites for hydroxylation is 1. The Balaban J connectivity index is 0.00000320. The van der Waals surface area contributed by atoms with Crippen molar-refractivity contribution < 1.29 is 21.9 Å². The Morgan fingerprint density at radius 2 is 1.83 bits per heavy atom. The van der Waals surface area contributed by atoms with Crippen molar-refractivity contribution in [2.75, 3.05) is 41.9 Å². The molecule has 2 aromatic rings. The summed E-state index contributed by atoms with van der Waals surface area (Å²) >= 11 is 0. The lowest BCUT2D eigenvalue weighted by Crippen LogP contribution is -2.43. The second-order valence-electron chi connectivity index (χ2n) is 6.70. The first-order valence-corrected chi connectivity index (χ1v) is 10.9. The molecule has 0 spiro atoms. The fraction of sp³-hybridized carbons (Fsp3) is 0.400. The lowest BCUT2D eigenvalue weighted by molar-refractivity contribution is -0.0494. The second kappa shape index (κ2) is 10.3. The second-order valence-corrected chi connectivity index (χ2v) is 8.56. The van der Waals surface area contributed by atoms with Crippen molar-refractivity contribution >= 4 is 33.8 Å². The molecule has 0 atom stereocenters. The van der Waals surface area contributed by atoms with Gasteiger partial charge >= 0.3 is 6.61 Å². The van der Waals surface area contributed by atoms with E-state index in [-0.39, 0.29) is 35.3 Å². The third-order valence-corrected chi connectivity index (χ3v) is 6.75. The van der Waals surface area contributed by atoms with Gasteiger partial charge < -0.3 is 15.0 Å². The summed E-state index contributed by atoms with van der Waals surface area (Å²) in [6.07, 6.45) is 0. The van der Waals surface area contributed by atoms with E-state index in [2.05, 4.69) is 15.0 Å². The number of nitrogens with zero attached hydrogens (tertiary/aromatic N) is 2. The first-order valence-electron chi connectivity index (χ1n) is 9.47. The molecule has 3 rings (SSSR count). The number of benzene rings is 2. The van der Waals surface area contributed by atoms with Gasteiger partial charge in [-0.05, 0) is 43.7 Å². The molecule has 1 aliphatic rings. The summed E-state index contributed by atoms with van der Waals surface area (Å²) in [5, 5.41) is 3.28. The smallest absolute Gasteiger partial charge is 0.387 e. The predicted octanol–water partition coefficient (Wildman–Crippen LogP) is 3.64. The molecule has 10 heteroatoms. The Kier molecular flexibility index (Phi) is 8.28. The molecule has 0 radical (unpaired) electrons. The highest BCUT2D eigenvalue weighted by Gasteiger charge is 2.28. The number of sulfonamides is 1. The Hall–Kier alpha value is -2.10. The molecule has 0 saturated carbocycles. The summed E-state index contributed by atoms with van der Waals surface area (Å²) < 4.78 is 58.0. The number of para-hydroxylation sites is 2. The predicted molar refractivity (Wildman–Crippen MR) is 117 cm³/mol. The Labute approximate surface area is 182 Å². The molecule has 1 saturated heterocycles. The summed E-state index contributed by atoms with van der Waals surface area (Å²) in [5.41, 5.74) is 1.93. The van der Waals surface area contributed by atoms with E-state index in [0.717, 1.165) is 41.7 Å². The number of alkyl halides is 2. The van der Waals surface area contributed by atoms with E-state index in [9.17, 15) is 17.2 Å². The first kappa shape index (κ1) is 24.2. The van der Waals surface area contributed by atoms with Gasteiger partial charge in [-0.2, -0.15) is 8.78 Å². The van der Waals surface area contributed by atoms with Gasteiger partial charge in [-0.3, -0.25) is 4.31 Å². The first-order chi connectivity index (χ1) is 13.8. The molecule has 6 nitrogen and oxygen atoms in total. The van der Waals surface area contributed by atoms with Gasteiger partial charge in [0, 0.05) is 38.4 Å². The third kappa shape index (κ3) is 5.14. The maximum absolute atomic E-state index is 13.4. The topological polar surface area (TPSA) is 61.9 Å². The highest BCUT2D eigenvalue weighted by atomic mass is 35.5. The lowest BCUT2D eigenvalue weighted by atomic mass is 10.1. The van der Waals surface area contributed by atoms with Gasteiger partial charge in [0.15, 0.2) is 0 Å². The summed E-state index contributed by atoms with van der Waals surface area (Å²) in [7, 11) is -3.97. The molecule has 1 aliphatic heterocycles. The fourth-order valence-corrected chi connectivity index (χ4v) is 4.96. The molecule has 2 aromatic carbocycles. The average Bonchev–Trinajstić information content (AvgIpc) is 2.70. The number of nitrogens with one attached hydrogen (secondary N) is 1. The molecular formula is C20H26ClF2N3O3S. The molecule has 1 heterocycles. The molecule has 1 fully saturated rings. The Morgan fingerprint density at radius 1 is 1.17 bits per heavy atom. The van der Waals surface area contributed by atoms with Gasteiger partial charge in [-0.15, -0.1) is 12.4 Å². The van der Waals surface area contributed by atoms with Gasteiger partial charge in [-0.25, -0.2) is 8.42 Å². The number of rotatable bonds is 7. The lowest BCUT2D eigenvalue weighted by Gasteiger charge is -2.31. The van der Waals surface area contributed by atoms with Crippen LogP contribution >= 0.6 is 12.4 Å². The van der Waals surface area contributed by atoms with E-state index in [0.29, 0.717) is 0 Å². The van der Waals surface area contributed by atoms with Crippen molar-refractivity contribution in [3.63, 3.8) is 0 Å². The Morgan fingerprint density at radius 3 is 2.47 bits per heavy atom. The van der Waals surface area contributed by atoms with Crippen LogP contribution in [0.25, 0.3) is 0 Å². The van der Waals surface area contributed by atoms with Gasteiger partial charge in [0.05, 0.1) is 10.6 Å². The van der Waals surface area contributed by atoms with Crippen molar-refractivity contribution in [2.45, 2.75) is 25.4 Å². The minimum absolute atomic E-state index is 0. The quantitative estimate of drug-likeness (QED) is 0.682. The van der Waals surface area contributed by atoms with Crippen LogP contribution in [0.4, 0.5) is 20.2 Å². The van der Waals surface area contributed by atoms with E-state index >= 15 is 0 Å². The van der Waals surface area contributed by atoms with Crippen LogP contribution < -0.4 is 19.3 Å². The van der Waals surface area contributed by atoms with Gasteiger partial charge in [-0.1, -0.05) is 18.2 Å². The van der Waals surface area contributed by atoms with E-state index < -0.39 is 16.6 Å². The minimum Gasteiger partial charge on any atom is -0.433 e. The molecule has 0 unspecified atom stereocenters. The van der Waals surface area contributed by atoms with Crippen LogP contribution in [0.3, 0.4) is 0 Å². The number of hydrogen-bond donors (Lipinski definition) is 1. The normalized spacial score (nSPS) is 14.4. The number of anilines is 2. The van der Waals surface area contributed by atoms with Gasteiger partial charge in [0.2, 0.25) is 0 Å². The van der Waals surface area contributed by atoms with Gasteiger partial charge in [0.25, 0.3) is 10.0 Å². The van der Waals surface area contributed by atoms with Crippen LogP contribution in [0.5, 0.6) is 5.75 Å². The van der Waals surface area contributed by atoms with E-state index in [1.807, 2.05) is 6.92 Å². The van der Waals surface area contributed by atoms with Crippen LogP contribution in [-0.4, -0.2) is 47.8 Å². The minimum atomic E-state index is -3.97. The molecule has 1 N–H and O–H groups in total. The summed E-state index contributed by atoms with van der Waals surface area (Å²) in [4.78, 5) is 2.26. The zero-order chi connectivity index (χ0) is 21.0. The maximum Gasteiger partial charge on any atom is 0.387 e. The molecule has 0 bridgehead atoms. The van der Waals surface area contributed by atoms with Gasteiger partial charge in [0.1, 0.15) is 5.75 Å². The standard InChI is InChI=1S/C20H25F2N3O3S.ClH/c1-3-25(17-6-4-5-7-19(17)28-20(21)22)29(26,27)16-9-8-15(2)18(14-16)24-12-10-23-11-13-24;/h4-9,14,20,23H,3,10-13H2,1-2H3;1H.